The molecular weight excluding hydrogens is 343 g/mol. The van der Waals surface area contributed by atoms with E-state index in [4.69, 9.17) is 0 Å². The number of fused-ring (bicyclic) bond motifs is 12. The molecule has 0 spiro atoms. The Morgan fingerprint density at radius 1 is 0.808 bits per heavy atom. The molecule has 1 saturated heterocycles. The highest BCUT2D eigenvalue weighted by molar-refractivity contribution is 6.22. The van der Waals surface area contributed by atoms with Gasteiger partial charge in [0.15, 0.2) is 17.5 Å². The molecule has 8 unspecified atom stereocenters. The third-order valence-electron chi connectivity index (χ3n) is 7.69. The summed E-state index contributed by atoms with van der Waals surface area (Å²) < 4.78 is 41.1. The fourth-order valence-electron chi connectivity index (χ4n) is 7.04. The van der Waals surface area contributed by atoms with Gasteiger partial charge in [-0.2, -0.15) is 0 Å². The van der Waals surface area contributed by atoms with Gasteiger partial charge in [-0.25, -0.2) is 18.1 Å². The van der Waals surface area contributed by atoms with Crippen LogP contribution < -0.4 is 4.90 Å². The molecule has 8 atom stereocenters. The first-order chi connectivity index (χ1) is 12.5. The van der Waals surface area contributed by atoms with Crippen LogP contribution >= 0.6 is 0 Å². The van der Waals surface area contributed by atoms with Gasteiger partial charge in [-0.15, -0.1) is 0 Å². The number of carbonyl (C=O) groups is 2. The fraction of sp³-hybridized carbons (Fsp3) is 0.500. The Morgan fingerprint density at radius 3 is 1.96 bits per heavy atom. The van der Waals surface area contributed by atoms with Crippen molar-refractivity contribution in [2.45, 2.75) is 12.8 Å². The summed E-state index contributed by atoms with van der Waals surface area (Å²) in [5.41, 5.74) is -0.459. The number of anilines is 1. The van der Waals surface area contributed by atoms with Crippen molar-refractivity contribution in [1.29, 1.82) is 0 Å². The lowest BCUT2D eigenvalue weighted by Crippen LogP contribution is -2.38. The summed E-state index contributed by atoms with van der Waals surface area (Å²) in [4.78, 5) is 26.9. The first kappa shape index (κ1) is 15.0. The Bertz CT molecular complexity index is 871. The Morgan fingerprint density at radius 2 is 1.38 bits per heavy atom. The van der Waals surface area contributed by atoms with Crippen LogP contribution in [0.3, 0.4) is 0 Å². The first-order valence-corrected chi connectivity index (χ1v) is 9.18. The van der Waals surface area contributed by atoms with Crippen molar-refractivity contribution in [2.75, 3.05) is 4.90 Å². The van der Waals surface area contributed by atoms with Gasteiger partial charge in [0.1, 0.15) is 0 Å². The number of nitrogens with zero attached hydrogens (tertiary/aromatic N) is 1. The molecule has 1 aromatic rings. The smallest absolute Gasteiger partial charge is 0.238 e. The van der Waals surface area contributed by atoms with E-state index in [0.717, 1.165) is 29.9 Å². The van der Waals surface area contributed by atoms with E-state index < -0.39 is 46.8 Å². The Labute approximate surface area is 147 Å². The zero-order valence-corrected chi connectivity index (χ0v) is 13.7. The van der Waals surface area contributed by atoms with Gasteiger partial charge in [0, 0.05) is 0 Å². The van der Waals surface area contributed by atoms with Crippen LogP contribution in [0.2, 0.25) is 0 Å². The van der Waals surface area contributed by atoms with Crippen molar-refractivity contribution in [3.8, 4) is 0 Å². The van der Waals surface area contributed by atoms with Gasteiger partial charge in [0.25, 0.3) is 0 Å². The fourth-order valence-corrected chi connectivity index (χ4v) is 7.04. The molecule has 3 nitrogen and oxygen atoms in total. The van der Waals surface area contributed by atoms with Crippen molar-refractivity contribution in [3.05, 3.63) is 41.7 Å². The SMILES string of the molecule is O=C1C2C3CC(C2C(=O)N1c1ccc(F)c(F)c1F)C1C2C=CC(C2)C31. The van der Waals surface area contributed by atoms with Gasteiger partial charge in [0.05, 0.1) is 17.5 Å². The third-order valence-corrected chi connectivity index (χ3v) is 7.69. The summed E-state index contributed by atoms with van der Waals surface area (Å²) in [6.45, 7) is 0. The van der Waals surface area contributed by atoms with Crippen molar-refractivity contribution < 1.29 is 22.8 Å². The van der Waals surface area contributed by atoms with Gasteiger partial charge < -0.3 is 0 Å². The van der Waals surface area contributed by atoms with Crippen LogP contribution in [0.15, 0.2) is 24.3 Å². The molecule has 1 aliphatic heterocycles. The van der Waals surface area contributed by atoms with Crippen molar-refractivity contribution in [1.82, 2.24) is 0 Å². The largest absolute Gasteiger partial charge is 0.274 e. The number of carbonyl (C=O) groups excluding carboxylic acids is 2. The lowest BCUT2D eigenvalue weighted by Gasteiger charge is -2.36. The van der Waals surface area contributed by atoms with Crippen LogP contribution in [0.1, 0.15) is 12.8 Å². The number of rotatable bonds is 1. The zero-order valence-electron chi connectivity index (χ0n) is 13.7. The van der Waals surface area contributed by atoms with Gasteiger partial charge in [0.2, 0.25) is 11.8 Å². The standard InChI is InChI=1S/C20H16F3NO2/c21-11-3-4-12(18(23)17(11)22)24-19(25)15-9-6-10(16(15)20(24)26)14-8-2-1-7(5-8)13(9)14/h1-4,7-10,13-16H,5-6H2. The second kappa shape index (κ2) is 4.59. The summed E-state index contributed by atoms with van der Waals surface area (Å²) in [5.74, 6) is -4.09. The maximum atomic E-state index is 14.2. The molecule has 1 aromatic carbocycles. The van der Waals surface area contributed by atoms with E-state index in [2.05, 4.69) is 12.2 Å². The molecule has 6 rings (SSSR count). The molecule has 0 radical (unpaired) electrons. The van der Waals surface area contributed by atoms with E-state index in [-0.39, 0.29) is 11.8 Å². The summed E-state index contributed by atoms with van der Waals surface area (Å²) >= 11 is 0. The second-order valence-electron chi connectivity index (χ2n) is 8.42. The van der Waals surface area contributed by atoms with E-state index in [1.165, 1.54) is 0 Å². The van der Waals surface area contributed by atoms with Crippen LogP contribution in [0.5, 0.6) is 0 Å². The minimum absolute atomic E-state index is 0.143. The Hall–Kier alpha value is -2.11. The van der Waals surface area contributed by atoms with Crippen LogP contribution in [0.25, 0.3) is 0 Å². The summed E-state index contributed by atoms with van der Waals surface area (Å²) in [5, 5.41) is 0. The molecule has 0 aromatic heterocycles. The predicted octanol–water partition coefficient (Wildman–Crippen LogP) is 3.30. The molecule has 6 heteroatoms. The molecule has 26 heavy (non-hydrogen) atoms. The molecule has 5 aliphatic rings. The molecule has 4 fully saturated rings. The highest BCUT2D eigenvalue weighted by Gasteiger charge is 2.71. The molecule has 4 aliphatic carbocycles. The van der Waals surface area contributed by atoms with Crippen molar-refractivity contribution >= 4 is 17.5 Å². The third kappa shape index (κ3) is 1.50. The average Bonchev–Trinajstić information content (AvgIpc) is 3.40. The van der Waals surface area contributed by atoms with Crippen LogP contribution in [-0.4, -0.2) is 11.8 Å². The number of allylic oxidation sites excluding steroid dienone is 2. The van der Waals surface area contributed by atoms with Gasteiger partial charge >= 0.3 is 0 Å². The molecule has 3 saturated carbocycles. The molecular formula is C20H16F3NO2. The van der Waals surface area contributed by atoms with E-state index in [9.17, 15) is 22.8 Å². The first-order valence-electron chi connectivity index (χ1n) is 9.18. The van der Waals surface area contributed by atoms with Gasteiger partial charge in [-0.3, -0.25) is 9.59 Å². The minimum Gasteiger partial charge on any atom is -0.274 e. The monoisotopic (exact) mass is 359 g/mol. The number of hydrogen-bond acceptors (Lipinski definition) is 2. The maximum absolute atomic E-state index is 14.2. The van der Waals surface area contributed by atoms with Crippen LogP contribution in [0.4, 0.5) is 18.9 Å². The average molecular weight is 359 g/mol. The lowest BCUT2D eigenvalue weighted by molar-refractivity contribution is -0.123. The molecule has 1 heterocycles. The lowest BCUT2D eigenvalue weighted by atomic mass is 9.65. The van der Waals surface area contributed by atoms with Crippen LogP contribution in [0, 0.1) is 64.8 Å². The summed E-state index contributed by atoms with van der Waals surface area (Å²) in [6, 6.07) is 1.74. The zero-order chi connectivity index (χ0) is 17.9. The van der Waals surface area contributed by atoms with E-state index in [0.29, 0.717) is 23.7 Å². The number of imide groups is 1. The molecule has 0 N–H and O–H groups in total. The highest BCUT2D eigenvalue weighted by Crippen LogP contribution is 2.70. The van der Waals surface area contributed by atoms with Crippen molar-refractivity contribution in [3.63, 3.8) is 0 Å². The number of benzene rings is 1. The summed E-state index contributed by atoms with van der Waals surface area (Å²) in [7, 11) is 0. The van der Waals surface area contributed by atoms with E-state index >= 15 is 0 Å². The topological polar surface area (TPSA) is 37.4 Å². The van der Waals surface area contributed by atoms with E-state index in [1.807, 2.05) is 0 Å². The molecule has 4 bridgehead atoms. The maximum Gasteiger partial charge on any atom is 0.238 e. The van der Waals surface area contributed by atoms with Gasteiger partial charge in [-0.1, -0.05) is 12.2 Å². The van der Waals surface area contributed by atoms with Gasteiger partial charge in [-0.05, 0) is 60.5 Å². The number of amides is 2. The van der Waals surface area contributed by atoms with E-state index in [1.54, 1.807) is 0 Å². The molecule has 2 amide bonds. The molecule has 134 valence electrons. The van der Waals surface area contributed by atoms with Crippen molar-refractivity contribution in [2.24, 2.45) is 47.3 Å². The second-order valence-corrected chi connectivity index (χ2v) is 8.42. The quantitative estimate of drug-likeness (QED) is 0.334. The normalized spacial score (nSPS) is 44.3. The Kier molecular flexibility index (Phi) is 2.65. The number of hydrogen-bond donors (Lipinski definition) is 0. The number of halogens is 3. The Balaban J connectivity index is 1.42. The van der Waals surface area contributed by atoms with Crippen LogP contribution in [-0.2, 0) is 9.59 Å². The minimum atomic E-state index is -1.65. The predicted molar refractivity (Wildman–Crippen MR) is 85.1 cm³/mol. The summed E-state index contributed by atoms with van der Waals surface area (Å²) in [6.07, 6.45) is 6.49. The highest BCUT2D eigenvalue weighted by atomic mass is 19.2.